The second kappa shape index (κ2) is 9.05. The monoisotopic (exact) mass is 424 g/mol. The van der Waals surface area contributed by atoms with Gasteiger partial charge in [0.25, 0.3) is 5.91 Å². The van der Waals surface area contributed by atoms with E-state index in [2.05, 4.69) is 20.0 Å². The van der Waals surface area contributed by atoms with E-state index in [-0.39, 0.29) is 34.9 Å². The summed E-state index contributed by atoms with van der Waals surface area (Å²) in [6.45, 7) is 0. The fourth-order valence-corrected chi connectivity index (χ4v) is 2.86. The molecule has 156 valence electrons. The van der Waals surface area contributed by atoms with Crippen LogP contribution in [-0.2, 0) is 10.2 Å². The summed E-state index contributed by atoms with van der Waals surface area (Å²) in [6, 6.07) is 6.07. The first kappa shape index (κ1) is 21.7. The van der Waals surface area contributed by atoms with E-state index in [0.29, 0.717) is 0 Å². The van der Waals surface area contributed by atoms with Crippen LogP contribution in [0.15, 0.2) is 30.3 Å². The predicted octanol–water partition coefficient (Wildman–Crippen LogP) is 0.674. The van der Waals surface area contributed by atoms with E-state index in [0.717, 1.165) is 0 Å². The van der Waals surface area contributed by atoms with Crippen LogP contribution in [0.3, 0.4) is 0 Å². The van der Waals surface area contributed by atoms with Gasteiger partial charge in [-0.1, -0.05) is 6.07 Å². The van der Waals surface area contributed by atoms with Gasteiger partial charge < -0.3 is 14.4 Å². The summed E-state index contributed by atoms with van der Waals surface area (Å²) in [4.78, 5) is 33.1. The number of methoxy groups -OCH3 is 2. The summed E-state index contributed by atoms with van der Waals surface area (Å²) in [7, 11) is 1.55. The molecule has 2 aromatic rings. The molecular weight excluding hydrogens is 404 g/mol. The Morgan fingerprint density at radius 3 is 2.21 bits per heavy atom. The minimum Gasteiger partial charge on any atom is -0.481 e. The normalized spacial score (nSPS) is 10.6. The quantitative estimate of drug-likeness (QED) is 0.587. The molecule has 29 heavy (non-hydrogen) atoms. The van der Waals surface area contributed by atoms with E-state index in [9.17, 15) is 18.0 Å². The number of carbonyl (C=O) groups excluding carboxylic acids is 2. The molecule has 0 spiro atoms. The first-order valence-electron chi connectivity index (χ1n) is 8.04. The highest BCUT2D eigenvalue weighted by molar-refractivity contribution is 7.91. The second-order valence-electron chi connectivity index (χ2n) is 5.72. The molecule has 1 aromatic heterocycles. The Kier molecular flexibility index (Phi) is 6.77. The molecule has 0 unspecified atom stereocenters. The number of nitrogens with zero attached hydrogens (tertiary/aromatic N) is 3. The molecule has 1 aromatic carbocycles. The molecule has 12 nitrogen and oxygen atoms in total. The third-order valence-electron chi connectivity index (χ3n) is 3.32. The van der Waals surface area contributed by atoms with E-state index in [1.165, 1.54) is 49.5 Å². The number of ether oxygens (including phenoxy) is 2. The van der Waals surface area contributed by atoms with Crippen molar-refractivity contribution >= 4 is 33.8 Å². The van der Waals surface area contributed by atoms with Crippen molar-refractivity contribution in [2.75, 3.05) is 38.4 Å². The van der Waals surface area contributed by atoms with Gasteiger partial charge in [-0.25, -0.2) is 9.52 Å². The predicted molar refractivity (Wildman–Crippen MR) is 104 cm³/mol. The maximum atomic E-state index is 12.2. The number of amides is 3. The van der Waals surface area contributed by atoms with Crippen LogP contribution >= 0.6 is 0 Å². The lowest BCUT2D eigenvalue weighted by molar-refractivity contribution is 0.0827. The number of hydrogen-bond donors (Lipinski definition) is 3. The Bertz CT molecular complexity index is 988. The van der Waals surface area contributed by atoms with E-state index >= 15 is 0 Å². The number of nitrogens with one attached hydrogen (secondary N) is 3. The summed E-state index contributed by atoms with van der Waals surface area (Å²) < 4.78 is 38.2. The second-order valence-corrected chi connectivity index (χ2v) is 7.13. The molecule has 0 saturated carbocycles. The van der Waals surface area contributed by atoms with Crippen LogP contribution in [0, 0.1) is 0 Å². The average molecular weight is 424 g/mol. The number of rotatable bonds is 7. The zero-order valence-corrected chi connectivity index (χ0v) is 16.9. The molecule has 0 saturated heterocycles. The highest BCUT2D eigenvalue weighted by Crippen LogP contribution is 2.17. The lowest BCUT2D eigenvalue weighted by Crippen LogP contribution is -2.38. The lowest BCUT2D eigenvalue weighted by Gasteiger charge is -2.13. The zero-order valence-electron chi connectivity index (χ0n) is 16.1. The fraction of sp³-hybridized carbons (Fsp3) is 0.250. The highest BCUT2D eigenvalue weighted by atomic mass is 32.2. The molecule has 3 amide bonds. The van der Waals surface area contributed by atoms with E-state index in [1.54, 1.807) is 18.8 Å². The molecule has 0 fully saturated rings. The Morgan fingerprint density at radius 1 is 1.03 bits per heavy atom. The Labute approximate surface area is 167 Å². The SMILES string of the molecule is COc1cc(OC)nc(NC(=O)NS(=O)(=O)Nc2cccc(C(=O)N(C)C)c2)n1. The highest BCUT2D eigenvalue weighted by Gasteiger charge is 2.17. The van der Waals surface area contributed by atoms with Gasteiger partial charge in [0.15, 0.2) is 0 Å². The average Bonchev–Trinajstić information content (AvgIpc) is 2.65. The van der Waals surface area contributed by atoms with Gasteiger partial charge in [0.2, 0.25) is 17.7 Å². The number of hydrogen-bond acceptors (Lipinski definition) is 8. The van der Waals surface area contributed by atoms with Crippen molar-refractivity contribution in [2.45, 2.75) is 0 Å². The maximum absolute atomic E-state index is 12.2. The maximum Gasteiger partial charge on any atom is 0.336 e. The number of carbonyl (C=O) groups is 2. The van der Waals surface area contributed by atoms with Crippen molar-refractivity contribution in [3.63, 3.8) is 0 Å². The summed E-state index contributed by atoms with van der Waals surface area (Å²) in [5.41, 5.74) is 0.369. The smallest absolute Gasteiger partial charge is 0.336 e. The van der Waals surface area contributed by atoms with E-state index in [4.69, 9.17) is 9.47 Å². The topological polar surface area (TPSA) is 152 Å². The van der Waals surface area contributed by atoms with Crippen molar-refractivity contribution in [1.29, 1.82) is 0 Å². The minimum absolute atomic E-state index is 0.0947. The molecule has 0 bridgehead atoms. The molecule has 0 atom stereocenters. The molecule has 3 N–H and O–H groups in total. The first-order chi connectivity index (χ1) is 13.6. The minimum atomic E-state index is -4.30. The molecule has 1 heterocycles. The van der Waals surface area contributed by atoms with Crippen LogP contribution in [-0.4, -0.2) is 63.5 Å². The number of anilines is 2. The van der Waals surface area contributed by atoms with Crippen LogP contribution in [0.1, 0.15) is 10.4 Å². The lowest BCUT2D eigenvalue weighted by atomic mass is 10.2. The molecular formula is C16H20N6O6S. The third-order valence-corrected chi connectivity index (χ3v) is 4.28. The van der Waals surface area contributed by atoms with Gasteiger partial charge >= 0.3 is 16.2 Å². The van der Waals surface area contributed by atoms with Crippen molar-refractivity contribution in [3.05, 3.63) is 35.9 Å². The van der Waals surface area contributed by atoms with Crippen LogP contribution < -0.4 is 24.2 Å². The number of aromatic nitrogens is 2. The van der Waals surface area contributed by atoms with Gasteiger partial charge in [-0.2, -0.15) is 18.4 Å². The van der Waals surface area contributed by atoms with Crippen LogP contribution in [0.5, 0.6) is 11.8 Å². The molecule has 0 aliphatic rings. The summed E-state index contributed by atoms with van der Waals surface area (Å²) in [5, 5.41) is 2.17. The van der Waals surface area contributed by atoms with Gasteiger partial charge in [-0.15, -0.1) is 0 Å². The summed E-state index contributed by atoms with van der Waals surface area (Å²) in [6.07, 6.45) is 0. The fourth-order valence-electron chi connectivity index (χ4n) is 2.07. The van der Waals surface area contributed by atoms with E-state index < -0.39 is 16.2 Å². The largest absolute Gasteiger partial charge is 0.481 e. The molecule has 2 rings (SSSR count). The standard InChI is InChI=1S/C16H20N6O6S/c1-22(2)14(23)10-6-5-7-11(8-10)20-29(25,26)21-16(24)19-15-17-12(27-3)9-13(18-15)28-4/h5-9,20H,1-4H3,(H2,17,18,19,21,24). The molecule has 13 heteroatoms. The third kappa shape index (κ3) is 6.21. The molecule has 0 radical (unpaired) electrons. The van der Waals surface area contributed by atoms with Crippen molar-refractivity contribution in [2.24, 2.45) is 0 Å². The van der Waals surface area contributed by atoms with E-state index in [1.807, 2.05) is 0 Å². The Balaban J connectivity index is 2.09. The van der Waals surface area contributed by atoms with Crippen LogP contribution in [0.2, 0.25) is 0 Å². The number of benzene rings is 1. The zero-order chi connectivity index (χ0) is 21.6. The van der Waals surface area contributed by atoms with Gasteiger partial charge in [0.1, 0.15) is 0 Å². The van der Waals surface area contributed by atoms with Crippen molar-refractivity contribution in [1.82, 2.24) is 19.6 Å². The van der Waals surface area contributed by atoms with Crippen LogP contribution in [0.25, 0.3) is 0 Å². The van der Waals surface area contributed by atoms with Gasteiger partial charge in [0, 0.05) is 19.7 Å². The Morgan fingerprint density at radius 2 is 1.66 bits per heavy atom. The first-order valence-corrected chi connectivity index (χ1v) is 9.52. The van der Waals surface area contributed by atoms with Crippen molar-refractivity contribution < 1.29 is 27.5 Å². The van der Waals surface area contributed by atoms with Gasteiger partial charge in [-0.05, 0) is 18.2 Å². The molecule has 0 aliphatic carbocycles. The molecule has 0 aliphatic heterocycles. The van der Waals surface area contributed by atoms with Gasteiger partial charge in [0.05, 0.1) is 26.0 Å². The van der Waals surface area contributed by atoms with Crippen molar-refractivity contribution in [3.8, 4) is 11.8 Å². The summed E-state index contributed by atoms with van der Waals surface area (Å²) in [5.74, 6) is -0.320. The Hall–Kier alpha value is -3.61. The van der Waals surface area contributed by atoms with Crippen LogP contribution in [0.4, 0.5) is 16.4 Å². The van der Waals surface area contributed by atoms with Gasteiger partial charge in [-0.3, -0.25) is 14.8 Å². The summed E-state index contributed by atoms with van der Waals surface area (Å²) >= 11 is 0. The number of urea groups is 1.